The summed E-state index contributed by atoms with van der Waals surface area (Å²) in [5.74, 6) is 1.35. The van der Waals surface area contributed by atoms with Crippen molar-refractivity contribution < 1.29 is 19.4 Å². The van der Waals surface area contributed by atoms with Gasteiger partial charge in [-0.2, -0.15) is 0 Å². The number of benzene rings is 2. The molecule has 1 amide bonds. The largest absolute Gasteiger partial charge is 0.496 e. The first-order chi connectivity index (χ1) is 10.7. The van der Waals surface area contributed by atoms with Crippen molar-refractivity contribution >= 4 is 6.09 Å². The molecule has 0 saturated carbocycles. The van der Waals surface area contributed by atoms with E-state index in [1.165, 1.54) is 4.90 Å². The highest BCUT2D eigenvalue weighted by atomic mass is 16.5. The van der Waals surface area contributed by atoms with Crippen molar-refractivity contribution in [3.63, 3.8) is 0 Å². The number of amides is 1. The zero-order valence-electron chi connectivity index (χ0n) is 12.7. The van der Waals surface area contributed by atoms with Crippen LogP contribution in [0.3, 0.4) is 0 Å². The summed E-state index contributed by atoms with van der Waals surface area (Å²) in [6.45, 7) is 0.495. The molecular weight excluding hydrogens is 282 g/mol. The second-order valence-electron chi connectivity index (χ2n) is 4.76. The zero-order valence-corrected chi connectivity index (χ0v) is 12.7. The lowest BCUT2D eigenvalue weighted by molar-refractivity contribution is 0.138. The normalized spacial score (nSPS) is 10.1. The minimum absolute atomic E-state index is 0.247. The van der Waals surface area contributed by atoms with E-state index in [9.17, 15) is 9.90 Å². The van der Waals surface area contributed by atoms with Crippen LogP contribution in [0.15, 0.2) is 48.5 Å². The topological polar surface area (TPSA) is 59.0 Å². The van der Waals surface area contributed by atoms with Crippen LogP contribution < -0.4 is 9.47 Å². The van der Waals surface area contributed by atoms with Crippen molar-refractivity contribution in [2.75, 3.05) is 14.2 Å². The molecule has 0 radical (unpaired) electrons. The molecule has 0 fully saturated rings. The molecule has 2 rings (SSSR count). The molecule has 0 bridgehead atoms. The zero-order chi connectivity index (χ0) is 15.9. The molecule has 5 heteroatoms. The van der Waals surface area contributed by atoms with Gasteiger partial charge in [0.1, 0.15) is 11.5 Å². The van der Waals surface area contributed by atoms with E-state index in [0.717, 1.165) is 11.1 Å². The van der Waals surface area contributed by atoms with Crippen LogP contribution in [0.1, 0.15) is 11.1 Å². The van der Waals surface area contributed by atoms with E-state index in [0.29, 0.717) is 11.5 Å². The van der Waals surface area contributed by atoms with Gasteiger partial charge in [0.05, 0.1) is 27.3 Å². The van der Waals surface area contributed by atoms with Gasteiger partial charge >= 0.3 is 6.09 Å². The lowest BCUT2D eigenvalue weighted by atomic mass is 10.1. The molecule has 0 aromatic heterocycles. The van der Waals surface area contributed by atoms with Crippen LogP contribution in [0, 0.1) is 0 Å². The molecule has 116 valence electrons. The van der Waals surface area contributed by atoms with Crippen LogP contribution in [0.2, 0.25) is 0 Å². The maximum Gasteiger partial charge on any atom is 0.407 e. The summed E-state index contributed by atoms with van der Waals surface area (Å²) >= 11 is 0. The number of para-hydroxylation sites is 2. The Morgan fingerprint density at radius 2 is 1.32 bits per heavy atom. The summed E-state index contributed by atoms with van der Waals surface area (Å²) in [6.07, 6.45) is -0.989. The molecule has 5 nitrogen and oxygen atoms in total. The fourth-order valence-corrected chi connectivity index (χ4v) is 2.27. The summed E-state index contributed by atoms with van der Waals surface area (Å²) in [4.78, 5) is 12.9. The van der Waals surface area contributed by atoms with Crippen LogP contribution in [0.5, 0.6) is 11.5 Å². The number of rotatable bonds is 6. The van der Waals surface area contributed by atoms with Gasteiger partial charge < -0.3 is 14.6 Å². The number of hydrogen-bond donors (Lipinski definition) is 1. The predicted octanol–water partition coefficient (Wildman–Crippen LogP) is 3.38. The fraction of sp³-hybridized carbons (Fsp3) is 0.235. The Labute approximate surface area is 129 Å². The molecular formula is C17H19NO4. The van der Waals surface area contributed by atoms with E-state index in [-0.39, 0.29) is 13.1 Å². The summed E-state index contributed by atoms with van der Waals surface area (Å²) in [6, 6.07) is 14.8. The maximum absolute atomic E-state index is 11.6. The van der Waals surface area contributed by atoms with Gasteiger partial charge in [0.25, 0.3) is 0 Å². The molecule has 0 aliphatic heterocycles. The molecule has 0 unspecified atom stereocenters. The van der Waals surface area contributed by atoms with Crippen molar-refractivity contribution in [1.82, 2.24) is 4.90 Å². The highest BCUT2D eigenvalue weighted by Crippen LogP contribution is 2.23. The van der Waals surface area contributed by atoms with Gasteiger partial charge in [0.15, 0.2) is 0 Å². The van der Waals surface area contributed by atoms with Crippen LogP contribution >= 0.6 is 0 Å². The van der Waals surface area contributed by atoms with Crippen molar-refractivity contribution in [2.45, 2.75) is 13.1 Å². The number of carbonyl (C=O) groups is 1. The van der Waals surface area contributed by atoms with Gasteiger partial charge in [-0.1, -0.05) is 36.4 Å². The molecule has 2 aromatic carbocycles. The van der Waals surface area contributed by atoms with Crippen LogP contribution in [-0.4, -0.2) is 30.3 Å². The van der Waals surface area contributed by atoms with Crippen LogP contribution in [0.4, 0.5) is 4.79 Å². The van der Waals surface area contributed by atoms with Gasteiger partial charge in [-0.05, 0) is 12.1 Å². The molecule has 2 aromatic rings. The van der Waals surface area contributed by atoms with Gasteiger partial charge in [0, 0.05) is 11.1 Å². The van der Waals surface area contributed by atoms with Crippen molar-refractivity contribution in [3.8, 4) is 11.5 Å². The third kappa shape index (κ3) is 3.69. The summed E-state index contributed by atoms with van der Waals surface area (Å²) in [5, 5.41) is 9.47. The van der Waals surface area contributed by atoms with E-state index in [4.69, 9.17) is 9.47 Å². The third-order valence-corrected chi connectivity index (χ3v) is 3.38. The molecule has 1 N–H and O–H groups in total. The Balaban J connectivity index is 2.22. The molecule has 0 spiro atoms. The molecule has 0 aliphatic carbocycles. The molecule has 0 aliphatic rings. The number of hydrogen-bond acceptors (Lipinski definition) is 3. The van der Waals surface area contributed by atoms with E-state index in [2.05, 4.69) is 0 Å². The van der Waals surface area contributed by atoms with Crippen molar-refractivity contribution in [1.29, 1.82) is 0 Å². The minimum atomic E-state index is -0.989. The van der Waals surface area contributed by atoms with Crippen LogP contribution in [0.25, 0.3) is 0 Å². The predicted molar refractivity (Wildman–Crippen MR) is 83.3 cm³/mol. The Bertz CT molecular complexity index is 593. The maximum atomic E-state index is 11.6. The average molecular weight is 301 g/mol. The first-order valence-corrected chi connectivity index (χ1v) is 6.87. The Morgan fingerprint density at radius 3 is 1.68 bits per heavy atom. The standard InChI is InChI=1S/C17H19NO4/c1-21-15-9-5-3-7-13(15)11-18(17(19)20)12-14-8-4-6-10-16(14)22-2/h3-10H,11-12H2,1-2H3,(H,19,20). The Kier molecular flexibility index (Phi) is 5.25. The van der Waals surface area contributed by atoms with E-state index in [1.807, 2.05) is 48.5 Å². The van der Waals surface area contributed by atoms with Gasteiger partial charge in [-0.25, -0.2) is 4.79 Å². The summed E-state index contributed by atoms with van der Waals surface area (Å²) in [7, 11) is 3.15. The number of ether oxygens (including phenoxy) is 2. The van der Waals surface area contributed by atoms with Gasteiger partial charge in [-0.3, -0.25) is 4.90 Å². The van der Waals surface area contributed by atoms with E-state index in [1.54, 1.807) is 14.2 Å². The second-order valence-corrected chi connectivity index (χ2v) is 4.76. The monoisotopic (exact) mass is 301 g/mol. The van der Waals surface area contributed by atoms with Gasteiger partial charge in [0.2, 0.25) is 0 Å². The Hall–Kier alpha value is -2.69. The van der Waals surface area contributed by atoms with E-state index < -0.39 is 6.09 Å². The molecule has 0 heterocycles. The first kappa shape index (κ1) is 15.7. The molecule has 22 heavy (non-hydrogen) atoms. The number of nitrogens with zero attached hydrogens (tertiary/aromatic N) is 1. The smallest absolute Gasteiger partial charge is 0.407 e. The minimum Gasteiger partial charge on any atom is -0.496 e. The third-order valence-electron chi connectivity index (χ3n) is 3.38. The molecule has 0 saturated heterocycles. The highest BCUT2D eigenvalue weighted by Gasteiger charge is 2.17. The fourth-order valence-electron chi connectivity index (χ4n) is 2.27. The lowest BCUT2D eigenvalue weighted by Crippen LogP contribution is -2.28. The average Bonchev–Trinajstić information content (AvgIpc) is 2.55. The first-order valence-electron chi connectivity index (χ1n) is 6.87. The lowest BCUT2D eigenvalue weighted by Gasteiger charge is -2.21. The summed E-state index contributed by atoms with van der Waals surface area (Å²) < 4.78 is 10.6. The van der Waals surface area contributed by atoms with Crippen LogP contribution in [-0.2, 0) is 13.1 Å². The van der Waals surface area contributed by atoms with Crippen molar-refractivity contribution in [3.05, 3.63) is 59.7 Å². The molecule has 0 atom stereocenters. The quantitative estimate of drug-likeness (QED) is 0.888. The number of carboxylic acid groups (broad SMARTS) is 1. The Morgan fingerprint density at radius 1 is 0.909 bits per heavy atom. The van der Waals surface area contributed by atoms with Crippen molar-refractivity contribution in [2.24, 2.45) is 0 Å². The highest BCUT2D eigenvalue weighted by molar-refractivity contribution is 5.65. The second kappa shape index (κ2) is 7.36. The van der Waals surface area contributed by atoms with E-state index >= 15 is 0 Å². The number of methoxy groups -OCH3 is 2. The summed E-state index contributed by atoms with van der Waals surface area (Å²) in [5.41, 5.74) is 1.64. The SMILES string of the molecule is COc1ccccc1CN(Cc1ccccc1OC)C(=O)O. The van der Waals surface area contributed by atoms with Gasteiger partial charge in [-0.15, -0.1) is 0 Å².